The monoisotopic (exact) mass is 236 g/mol. The lowest BCUT2D eigenvalue weighted by Crippen LogP contribution is -2.04. The van der Waals surface area contributed by atoms with Crippen LogP contribution in [-0.2, 0) is 9.13 Å². The van der Waals surface area contributed by atoms with Gasteiger partial charge in [0.15, 0.2) is 0 Å². The van der Waals surface area contributed by atoms with Gasteiger partial charge in [-0.05, 0) is 0 Å². The minimum absolute atomic E-state index is 0.0459. The van der Waals surface area contributed by atoms with Crippen LogP contribution in [0.2, 0.25) is 0 Å². The molecule has 0 rings (SSSR count). The Morgan fingerprint density at radius 3 is 1.23 bits per heavy atom. The van der Waals surface area contributed by atoms with Crippen LogP contribution in [0.4, 0.5) is 0 Å². The minimum atomic E-state index is -3.87. The summed E-state index contributed by atoms with van der Waals surface area (Å²) in [6.45, 7) is 0.0459. The van der Waals surface area contributed by atoms with Gasteiger partial charge in [-0.1, -0.05) is 0 Å². The van der Waals surface area contributed by atoms with Crippen LogP contribution in [0.5, 0.6) is 0 Å². The van der Waals surface area contributed by atoms with E-state index in [0.29, 0.717) is 0 Å². The van der Waals surface area contributed by atoms with E-state index in [2.05, 4.69) is 5.73 Å². The molecule has 0 radical (unpaired) electrons. The second kappa shape index (κ2) is 6.64. The summed E-state index contributed by atoms with van der Waals surface area (Å²) in [5.74, 6) is 0. The van der Waals surface area contributed by atoms with Crippen LogP contribution in [-0.4, -0.2) is 38.6 Å². The summed E-state index contributed by atoms with van der Waals surface area (Å²) in [5.41, 5.74) is 9.36. The third kappa shape index (κ3) is 24.5. The molecule has 0 aromatic rings. The molecular weight excluding hydrogens is 222 g/mol. The zero-order valence-electron chi connectivity index (χ0n) is 6.78. The summed E-state index contributed by atoms with van der Waals surface area (Å²) >= 11 is 0. The van der Waals surface area contributed by atoms with Crippen LogP contribution in [0.25, 0.3) is 0 Å². The molecular formula is C3H14N2O6P2. The Kier molecular flexibility index (Phi) is 8.01. The highest BCUT2D eigenvalue weighted by molar-refractivity contribution is 7.51. The maximum atomic E-state index is 9.85. The molecule has 10 heteroatoms. The van der Waals surface area contributed by atoms with Gasteiger partial charge in [0.05, 0.1) is 12.4 Å². The van der Waals surface area contributed by atoms with Gasteiger partial charge in [-0.15, -0.1) is 0 Å². The average Bonchev–Trinajstić information content (AvgIpc) is 1.84. The zero-order valence-corrected chi connectivity index (χ0v) is 8.56. The van der Waals surface area contributed by atoms with Gasteiger partial charge in [-0.25, -0.2) is 0 Å². The van der Waals surface area contributed by atoms with Crippen LogP contribution < -0.4 is 11.5 Å². The summed E-state index contributed by atoms with van der Waals surface area (Å²) in [6, 6.07) is 0. The van der Waals surface area contributed by atoms with Crippen molar-refractivity contribution >= 4 is 15.2 Å². The predicted octanol–water partition coefficient (Wildman–Crippen LogP) is -1.80. The summed E-state index contributed by atoms with van der Waals surface area (Å²) in [5, 5.41) is 0. The first-order valence-electron chi connectivity index (χ1n) is 3.11. The van der Waals surface area contributed by atoms with Crippen LogP contribution in [0.3, 0.4) is 0 Å². The quantitative estimate of drug-likeness (QED) is 0.312. The molecule has 0 spiro atoms. The summed E-state index contributed by atoms with van der Waals surface area (Å²) in [7, 11) is -7.66. The number of hydrogen-bond acceptors (Lipinski definition) is 4. The Morgan fingerprint density at radius 1 is 0.923 bits per heavy atom. The summed E-state index contributed by atoms with van der Waals surface area (Å²) in [6.07, 6.45) is -0.778. The smallest absolute Gasteiger partial charge is 0.330 e. The largest absolute Gasteiger partial charge is 0.338 e. The third-order valence-electron chi connectivity index (χ3n) is 0.658. The van der Waals surface area contributed by atoms with Crippen molar-refractivity contribution in [3.8, 4) is 0 Å². The molecule has 82 valence electrons. The molecule has 0 aliphatic rings. The molecule has 0 aliphatic heterocycles. The molecule has 0 heterocycles. The highest BCUT2D eigenvalue weighted by atomic mass is 31.2. The Labute approximate surface area is 75.3 Å². The molecule has 0 amide bonds. The van der Waals surface area contributed by atoms with Crippen LogP contribution in [0, 0.1) is 0 Å². The van der Waals surface area contributed by atoms with E-state index in [1.54, 1.807) is 0 Å². The molecule has 0 saturated heterocycles. The minimum Gasteiger partial charge on any atom is -0.330 e. The number of hydrogen-bond donors (Lipinski definition) is 6. The maximum Gasteiger partial charge on any atom is 0.338 e. The average molecular weight is 236 g/mol. The SMILES string of the molecule is NCCP(=O)(O)O.NCP(=O)(O)O. The lowest BCUT2D eigenvalue weighted by Gasteiger charge is -1.96. The van der Waals surface area contributed by atoms with Gasteiger partial charge in [-0.2, -0.15) is 0 Å². The Balaban J connectivity index is 0. The summed E-state index contributed by atoms with van der Waals surface area (Å²) < 4.78 is 19.4. The van der Waals surface area contributed by atoms with E-state index in [0.717, 1.165) is 0 Å². The number of nitrogens with two attached hydrogens (primary N) is 2. The van der Waals surface area contributed by atoms with Gasteiger partial charge in [0.25, 0.3) is 0 Å². The van der Waals surface area contributed by atoms with Crippen molar-refractivity contribution < 1.29 is 28.7 Å². The van der Waals surface area contributed by atoms with Crippen molar-refractivity contribution in [1.29, 1.82) is 0 Å². The van der Waals surface area contributed by atoms with E-state index in [1.165, 1.54) is 0 Å². The fourth-order valence-corrected chi connectivity index (χ4v) is 0.505. The van der Waals surface area contributed by atoms with Gasteiger partial charge in [0.1, 0.15) is 0 Å². The molecule has 0 aromatic carbocycles. The number of rotatable bonds is 3. The molecule has 0 fully saturated rings. The van der Waals surface area contributed by atoms with Gasteiger partial charge < -0.3 is 31.0 Å². The Hall–Kier alpha value is 0.220. The van der Waals surface area contributed by atoms with Gasteiger partial charge in [0, 0.05) is 6.54 Å². The molecule has 0 atom stereocenters. The van der Waals surface area contributed by atoms with Crippen molar-refractivity contribution in [2.24, 2.45) is 11.5 Å². The van der Waals surface area contributed by atoms with Crippen molar-refractivity contribution in [1.82, 2.24) is 0 Å². The van der Waals surface area contributed by atoms with E-state index in [9.17, 15) is 9.13 Å². The van der Waals surface area contributed by atoms with E-state index in [4.69, 9.17) is 25.3 Å². The topological polar surface area (TPSA) is 167 Å². The molecule has 8 N–H and O–H groups in total. The van der Waals surface area contributed by atoms with Crippen molar-refractivity contribution in [2.75, 3.05) is 19.0 Å². The van der Waals surface area contributed by atoms with Crippen LogP contribution in [0.15, 0.2) is 0 Å². The lowest BCUT2D eigenvalue weighted by atomic mass is 10.8. The molecule has 0 unspecified atom stereocenters. The zero-order chi connectivity index (χ0) is 11.1. The first kappa shape index (κ1) is 15.7. The second-order valence-corrected chi connectivity index (χ2v) is 5.50. The molecule has 8 nitrogen and oxygen atoms in total. The first-order valence-corrected chi connectivity index (χ1v) is 6.71. The highest BCUT2D eigenvalue weighted by Gasteiger charge is 2.08. The Bertz CT molecular complexity index is 208. The molecule has 13 heavy (non-hydrogen) atoms. The molecule has 0 aliphatic carbocycles. The van der Waals surface area contributed by atoms with Crippen LogP contribution >= 0.6 is 15.2 Å². The molecule has 0 bridgehead atoms. The van der Waals surface area contributed by atoms with Crippen molar-refractivity contribution in [3.63, 3.8) is 0 Å². The lowest BCUT2D eigenvalue weighted by molar-refractivity contribution is 0.371. The fourth-order valence-electron chi connectivity index (χ4n) is 0.168. The molecule has 0 aromatic heterocycles. The van der Waals surface area contributed by atoms with Gasteiger partial charge >= 0.3 is 15.2 Å². The van der Waals surface area contributed by atoms with Crippen molar-refractivity contribution in [2.45, 2.75) is 0 Å². The van der Waals surface area contributed by atoms with Gasteiger partial charge in [-0.3, -0.25) is 9.13 Å². The van der Waals surface area contributed by atoms with E-state index < -0.39 is 21.5 Å². The van der Waals surface area contributed by atoms with Crippen molar-refractivity contribution in [3.05, 3.63) is 0 Å². The highest BCUT2D eigenvalue weighted by Crippen LogP contribution is 2.32. The maximum absolute atomic E-state index is 9.85. The van der Waals surface area contributed by atoms with Crippen LogP contribution in [0.1, 0.15) is 0 Å². The van der Waals surface area contributed by atoms with E-state index in [1.807, 2.05) is 0 Å². The van der Waals surface area contributed by atoms with E-state index >= 15 is 0 Å². The van der Waals surface area contributed by atoms with E-state index in [-0.39, 0.29) is 12.7 Å². The third-order valence-corrected chi connectivity index (χ3v) is 1.97. The standard InChI is InChI=1S/C2H8NO3P.CH6NO3P/c3-1-2-7(4,5)6;2-1-6(3,4)5/h1-3H2,(H2,4,5,6);1-2H2,(H2,3,4,5). The fraction of sp³-hybridized carbons (Fsp3) is 1.00. The van der Waals surface area contributed by atoms with Gasteiger partial charge in [0.2, 0.25) is 0 Å². The second-order valence-electron chi connectivity index (χ2n) is 2.02. The first-order chi connectivity index (χ1) is 5.62. The molecule has 0 saturated carbocycles. The summed E-state index contributed by atoms with van der Waals surface area (Å²) in [4.78, 5) is 31.7. The predicted molar refractivity (Wildman–Crippen MR) is 47.1 cm³/mol. The normalized spacial score (nSPS) is 11.8. The Morgan fingerprint density at radius 2 is 1.23 bits per heavy atom.